The van der Waals surface area contributed by atoms with Gasteiger partial charge in [-0.3, -0.25) is 0 Å². The fourth-order valence-corrected chi connectivity index (χ4v) is 2.39. The minimum absolute atomic E-state index is 0.685. The number of nitrogen functional groups attached to an aromatic ring is 1. The van der Waals surface area contributed by atoms with Gasteiger partial charge in [0, 0.05) is 17.8 Å². The zero-order valence-corrected chi connectivity index (χ0v) is 12.2. The van der Waals surface area contributed by atoms with E-state index in [2.05, 4.69) is 53.2 Å². The quantitative estimate of drug-likeness (QED) is 0.646. The Morgan fingerprint density at radius 2 is 1.95 bits per heavy atom. The number of rotatable bonds is 5. The third-order valence-corrected chi connectivity index (χ3v) is 3.39. The summed E-state index contributed by atoms with van der Waals surface area (Å²) >= 11 is 0. The minimum Gasteiger partial charge on any atom is -0.326 e. The van der Waals surface area contributed by atoms with Crippen LogP contribution in [0.3, 0.4) is 0 Å². The SMILES string of the molecule is CCc1c(NN)ncnc1N(CC)c1ccccc1C. The molecule has 0 aliphatic carbocycles. The summed E-state index contributed by atoms with van der Waals surface area (Å²) in [4.78, 5) is 10.8. The molecule has 2 rings (SSSR count). The van der Waals surface area contributed by atoms with E-state index in [1.807, 2.05) is 12.1 Å². The van der Waals surface area contributed by atoms with Crippen LogP contribution < -0.4 is 16.2 Å². The molecule has 106 valence electrons. The molecular formula is C15H21N5. The van der Waals surface area contributed by atoms with Crippen molar-refractivity contribution < 1.29 is 0 Å². The highest BCUT2D eigenvalue weighted by molar-refractivity contribution is 5.69. The lowest BCUT2D eigenvalue weighted by Gasteiger charge is -2.26. The Hall–Kier alpha value is -2.14. The largest absolute Gasteiger partial charge is 0.326 e. The third-order valence-electron chi connectivity index (χ3n) is 3.39. The highest BCUT2D eigenvalue weighted by Crippen LogP contribution is 2.31. The van der Waals surface area contributed by atoms with Crippen LogP contribution in [0.2, 0.25) is 0 Å². The van der Waals surface area contributed by atoms with Crippen LogP contribution in [0.15, 0.2) is 30.6 Å². The van der Waals surface area contributed by atoms with Crippen molar-refractivity contribution in [3.8, 4) is 0 Å². The van der Waals surface area contributed by atoms with Gasteiger partial charge in [-0.05, 0) is 31.9 Å². The molecule has 5 heteroatoms. The molecule has 0 unspecified atom stereocenters. The van der Waals surface area contributed by atoms with Crippen LogP contribution >= 0.6 is 0 Å². The normalized spacial score (nSPS) is 10.4. The molecule has 0 radical (unpaired) electrons. The molecule has 1 aromatic carbocycles. The second kappa shape index (κ2) is 6.34. The molecule has 0 spiro atoms. The lowest BCUT2D eigenvalue weighted by Crippen LogP contribution is -2.22. The summed E-state index contributed by atoms with van der Waals surface area (Å²) in [5, 5.41) is 0. The van der Waals surface area contributed by atoms with Crippen molar-refractivity contribution in [2.45, 2.75) is 27.2 Å². The molecule has 0 saturated heterocycles. The monoisotopic (exact) mass is 271 g/mol. The zero-order valence-electron chi connectivity index (χ0n) is 12.2. The highest BCUT2D eigenvalue weighted by Gasteiger charge is 2.17. The molecule has 0 atom stereocenters. The van der Waals surface area contributed by atoms with Crippen LogP contribution in [0.25, 0.3) is 0 Å². The molecule has 5 nitrogen and oxygen atoms in total. The van der Waals surface area contributed by atoms with E-state index in [1.54, 1.807) is 6.33 Å². The number of nitrogens with two attached hydrogens (primary N) is 1. The van der Waals surface area contributed by atoms with Crippen molar-refractivity contribution in [2.75, 3.05) is 16.9 Å². The first kappa shape index (κ1) is 14.3. The van der Waals surface area contributed by atoms with Gasteiger partial charge in [-0.15, -0.1) is 0 Å². The van der Waals surface area contributed by atoms with Gasteiger partial charge in [0.25, 0.3) is 0 Å². The molecule has 0 amide bonds. The molecule has 20 heavy (non-hydrogen) atoms. The van der Waals surface area contributed by atoms with E-state index < -0.39 is 0 Å². The number of nitrogens with zero attached hydrogens (tertiary/aromatic N) is 3. The first-order valence-electron chi connectivity index (χ1n) is 6.86. The summed E-state index contributed by atoms with van der Waals surface area (Å²) in [5.74, 6) is 7.14. The van der Waals surface area contributed by atoms with Gasteiger partial charge in [-0.2, -0.15) is 0 Å². The van der Waals surface area contributed by atoms with Crippen molar-refractivity contribution in [1.82, 2.24) is 9.97 Å². The van der Waals surface area contributed by atoms with Gasteiger partial charge in [0.2, 0.25) is 0 Å². The van der Waals surface area contributed by atoms with Crippen molar-refractivity contribution >= 4 is 17.3 Å². The number of para-hydroxylation sites is 1. The average Bonchev–Trinajstić information content (AvgIpc) is 2.49. The Bertz CT molecular complexity index is 582. The smallest absolute Gasteiger partial charge is 0.148 e. The average molecular weight is 271 g/mol. The molecule has 0 bridgehead atoms. The van der Waals surface area contributed by atoms with Gasteiger partial charge >= 0.3 is 0 Å². The number of nitrogens with one attached hydrogen (secondary N) is 1. The van der Waals surface area contributed by atoms with Gasteiger partial charge in [0.1, 0.15) is 18.0 Å². The molecule has 1 aromatic heterocycles. The Morgan fingerprint density at radius 1 is 1.20 bits per heavy atom. The summed E-state index contributed by atoms with van der Waals surface area (Å²) in [6, 6.07) is 8.29. The summed E-state index contributed by atoms with van der Waals surface area (Å²) < 4.78 is 0. The van der Waals surface area contributed by atoms with E-state index in [4.69, 9.17) is 5.84 Å². The van der Waals surface area contributed by atoms with E-state index >= 15 is 0 Å². The van der Waals surface area contributed by atoms with Gasteiger partial charge in [-0.25, -0.2) is 15.8 Å². The number of benzene rings is 1. The van der Waals surface area contributed by atoms with Gasteiger partial charge in [0.15, 0.2) is 0 Å². The summed E-state index contributed by atoms with van der Waals surface area (Å²) in [6.07, 6.45) is 2.36. The van der Waals surface area contributed by atoms with E-state index in [0.717, 1.165) is 30.0 Å². The van der Waals surface area contributed by atoms with Crippen molar-refractivity contribution in [3.63, 3.8) is 0 Å². The fraction of sp³-hybridized carbons (Fsp3) is 0.333. The Kier molecular flexibility index (Phi) is 4.53. The van der Waals surface area contributed by atoms with Crippen LogP contribution in [-0.4, -0.2) is 16.5 Å². The van der Waals surface area contributed by atoms with E-state index in [9.17, 15) is 0 Å². The number of aryl methyl sites for hydroxylation is 1. The van der Waals surface area contributed by atoms with Crippen LogP contribution in [0.4, 0.5) is 17.3 Å². The Labute approximate surface area is 119 Å². The van der Waals surface area contributed by atoms with Crippen molar-refractivity contribution in [1.29, 1.82) is 0 Å². The minimum atomic E-state index is 0.685. The first-order chi connectivity index (χ1) is 9.72. The van der Waals surface area contributed by atoms with Crippen LogP contribution in [-0.2, 0) is 6.42 Å². The van der Waals surface area contributed by atoms with Crippen molar-refractivity contribution in [3.05, 3.63) is 41.7 Å². The number of hydrogen-bond acceptors (Lipinski definition) is 5. The molecule has 3 N–H and O–H groups in total. The maximum absolute atomic E-state index is 5.55. The second-order valence-corrected chi connectivity index (χ2v) is 4.55. The number of anilines is 3. The van der Waals surface area contributed by atoms with Gasteiger partial charge < -0.3 is 10.3 Å². The molecule has 1 heterocycles. The first-order valence-corrected chi connectivity index (χ1v) is 6.86. The topological polar surface area (TPSA) is 67.1 Å². The van der Waals surface area contributed by atoms with Crippen LogP contribution in [0.5, 0.6) is 0 Å². The zero-order chi connectivity index (χ0) is 14.5. The predicted molar refractivity (Wildman–Crippen MR) is 83.1 cm³/mol. The molecule has 0 aliphatic heterocycles. The van der Waals surface area contributed by atoms with E-state index in [-0.39, 0.29) is 0 Å². The molecule has 0 fully saturated rings. The summed E-state index contributed by atoms with van der Waals surface area (Å²) in [6.45, 7) is 7.13. The Balaban J connectivity index is 2.55. The van der Waals surface area contributed by atoms with E-state index in [0.29, 0.717) is 5.82 Å². The lowest BCUT2D eigenvalue weighted by atomic mass is 10.1. The fourth-order valence-electron chi connectivity index (χ4n) is 2.39. The predicted octanol–water partition coefficient (Wildman–Crippen LogP) is 2.79. The molecule has 0 saturated carbocycles. The second-order valence-electron chi connectivity index (χ2n) is 4.55. The Morgan fingerprint density at radius 3 is 2.55 bits per heavy atom. The molecule has 2 aromatic rings. The van der Waals surface area contributed by atoms with Crippen molar-refractivity contribution in [2.24, 2.45) is 5.84 Å². The van der Waals surface area contributed by atoms with Gasteiger partial charge in [0.05, 0.1) is 0 Å². The highest BCUT2D eigenvalue weighted by atomic mass is 15.3. The standard InChI is InChI=1S/C15H21N5/c1-4-12-14(19-16)17-10-18-15(12)20(5-2)13-9-7-6-8-11(13)3/h6-10H,4-5,16H2,1-3H3,(H,17,18,19). The lowest BCUT2D eigenvalue weighted by molar-refractivity contribution is 0.934. The van der Waals surface area contributed by atoms with Crippen LogP contribution in [0, 0.1) is 6.92 Å². The summed E-state index contributed by atoms with van der Waals surface area (Å²) in [7, 11) is 0. The molecular weight excluding hydrogens is 250 g/mol. The van der Waals surface area contributed by atoms with Crippen LogP contribution in [0.1, 0.15) is 25.0 Å². The number of aromatic nitrogens is 2. The van der Waals surface area contributed by atoms with E-state index in [1.165, 1.54) is 5.56 Å². The third kappa shape index (κ3) is 2.58. The maximum Gasteiger partial charge on any atom is 0.148 e. The summed E-state index contributed by atoms with van der Waals surface area (Å²) in [5.41, 5.74) is 6.06. The van der Waals surface area contributed by atoms with Gasteiger partial charge in [-0.1, -0.05) is 25.1 Å². The number of hydrazine groups is 1. The number of hydrogen-bond donors (Lipinski definition) is 2. The maximum atomic E-state index is 5.55. The molecule has 0 aliphatic rings.